The molecule has 150 valence electrons. The van der Waals surface area contributed by atoms with Gasteiger partial charge in [0.2, 0.25) is 5.91 Å². The van der Waals surface area contributed by atoms with Gasteiger partial charge in [0.15, 0.2) is 5.82 Å². The summed E-state index contributed by atoms with van der Waals surface area (Å²) in [5.41, 5.74) is 3.81. The SMILES string of the molecule is O=C(Cn1c(-c2ccccn2)nc2ccccc21)N1CCN(c2ccccc2)CC1. The summed E-state index contributed by atoms with van der Waals surface area (Å²) in [4.78, 5) is 26.7. The lowest BCUT2D eigenvalue weighted by atomic mass is 10.2. The molecule has 1 saturated heterocycles. The fourth-order valence-electron chi connectivity index (χ4n) is 4.01. The predicted molar refractivity (Wildman–Crippen MR) is 118 cm³/mol. The Balaban J connectivity index is 1.36. The van der Waals surface area contributed by atoms with Crippen LogP contribution in [0.4, 0.5) is 5.69 Å². The smallest absolute Gasteiger partial charge is 0.242 e. The Hall–Kier alpha value is -3.67. The van der Waals surface area contributed by atoms with Crippen LogP contribution >= 0.6 is 0 Å². The number of amides is 1. The van der Waals surface area contributed by atoms with Crippen molar-refractivity contribution in [2.75, 3.05) is 31.1 Å². The van der Waals surface area contributed by atoms with Gasteiger partial charge in [0.05, 0.1) is 11.0 Å². The van der Waals surface area contributed by atoms with Gasteiger partial charge in [-0.3, -0.25) is 9.78 Å². The van der Waals surface area contributed by atoms with Crippen LogP contribution in [0.3, 0.4) is 0 Å². The average molecular weight is 397 g/mol. The molecule has 5 rings (SSSR count). The fraction of sp³-hybridized carbons (Fsp3) is 0.208. The molecule has 0 saturated carbocycles. The molecule has 1 aliphatic heterocycles. The zero-order valence-electron chi connectivity index (χ0n) is 16.7. The Morgan fingerprint density at radius 2 is 1.57 bits per heavy atom. The monoisotopic (exact) mass is 397 g/mol. The van der Waals surface area contributed by atoms with Gasteiger partial charge in [-0.1, -0.05) is 36.4 Å². The molecular formula is C24H23N5O. The van der Waals surface area contributed by atoms with Gasteiger partial charge in [-0.2, -0.15) is 0 Å². The average Bonchev–Trinajstić information content (AvgIpc) is 3.19. The molecule has 0 bridgehead atoms. The van der Waals surface area contributed by atoms with Crippen LogP contribution in [0.1, 0.15) is 0 Å². The number of benzene rings is 2. The summed E-state index contributed by atoms with van der Waals surface area (Å²) in [6.07, 6.45) is 1.75. The van der Waals surface area contributed by atoms with Crippen LogP contribution < -0.4 is 4.90 Å². The van der Waals surface area contributed by atoms with Crippen LogP contribution in [0, 0.1) is 0 Å². The Labute approximate surface area is 175 Å². The van der Waals surface area contributed by atoms with E-state index in [4.69, 9.17) is 4.98 Å². The Bertz CT molecular complexity index is 1150. The first-order valence-corrected chi connectivity index (χ1v) is 10.2. The number of hydrogen-bond donors (Lipinski definition) is 0. The zero-order valence-corrected chi connectivity index (χ0v) is 16.7. The molecule has 1 aliphatic rings. The molecule has 0 atom stereocenters. The molecule has 1 amide bonds. The third-order valence-electron chi connectivity index (χ3n) is 5.60. The number of carbonyl (C=O) groups is 1. The second kappa shape index (κ2) is 7.99. The molecule has 6 heteroatoms. The van der Waals surface area contributed by atoms with Crippen molar-refractivity contribution in [2.45, 2.75) is 6.54 Å². The molecule has 30 heavy (non-hydrogen) atoms. The van der Waals surface area contributed by atoms with Crippen molar-refractivity contribution in [2.24, 2.45) is 0 Å². The second-order valence-corrected chi connectivity index (χ2v) is 7.43. The van der Waals surface area contributed by atoms with Crippen LogP contribution in [-0.4, -0.2) is 51.5 Å². The van der Waals surface area contributed by atoms with E-state index in [0.717, 1.165) is 48.7 Å². The highest BCUT2D eigenvalue weighted by atomic mass is 16.2. The quantitative estimate of drug-likeness (QED) is 0.529. The van der Waals surface area contributed by atoms with Crippen molar-refractivity contribution in [1.82, 2.24) is 19.4 Å². The van der Waals surface area contributed by atoms with Gasteiger partial charge in [0, 0.05) is 38.1 Å². The summed E-state index contributed by atoms with van der Waals surface area (Å²) in [7, 11) is 0. The van der Waals surface area contributed by atoms with Crippen molar-refractivity contribution in [3.05, 3.63) is 79.0 Å². The van der Waals surface area contributed by atoms with Crippen LogP contribution in [-0.2, 0) is 11.3 Å². The maximum Gasteiger partial charge on any atom is 0.242 e. The lowest BCUT2D eigenvalue weighted by Gasteiger charge is -2.36. The number of nitrogens with zero attached hydrogens (tertiary/aromatic N) is 5. The zero-order chi connectivity index (χ0) is 20.3. The van der Waals surface area contributed by atoms with E-state index in [-0.39, 0.29) is 12.5 Å². The number of fused-ring (bicyclic) bond motifs is 1. The van der Waals surface area contributed by atoms with Crippen molar-refractivity contribution < 1.29 is 4.79 Å². The third-order valence-corrected chi connectivity index (χ3v) is 5.60. The molecule has 6 nitrogen and oxygen atoms in total. The first kappa shape index (κ1) is 18.4. The minimum absolute atomic E-state index is 0.114. The molecule has 2 aromatic carbocycles. The van der Waals surface area contributed by atoms with Gasteiger partial charge in [0.25, 0.3) is 0 Å². The Morgan fingerprint density at radius 1 is 0.833 bits per heavy atom. The van der Waals surface area contributed by atoms with E-state index in [9.17, 15) is 4.79 Å². The van der Waals surface area contributed by atoms with Gasteiger partial charge in [0.1, 0.15) is 12.2 Å². The maximum absolute atomic E-state index is 13.2. The second-order valence-electron chi connectivity index (χ2n) is 7.43. The maximum atomic E-state index is 13.2. The molecule has 0 spiro atoms. The summed E-state index contributed by atoms with van der Waals surface area (Å²) in [5, 5.41) is 0. The molecule has 0 unspecified atom stereocenters. The highest BCUT2D eigenvalue weighted by Gasteiger charge is 2.23. The number of pyridine rings is 1. The van der Waals surface area contributed by atoms with Crippen LogP contribution in [0.15, 0.2) is 79.0 Å². The summed E-state index contributed by atoms with van der Waals surface area (Å²) >= 11 is 0. The van der Waals surface area contributed by atoms with Crippen LogP contribution in [0.25, 0.3) is 22.6 Å². The molecule has 0 radical (unpaired) electrons. The number of hydrogen-bond acceptors (Lipinski definition) is 4. The lowest BCUT2D eigenvalue weighted by molar-refractivity contribution is -0.132. The number of imidazole rings is 1. The molecule has 0 aliphatic carbocycles. The molecule has 4 aromatic rings. The van der Waals surface area contributed by atoms with E-state index in [2.05, 4.69) is 34.1 Å². The van der Waals surface area contributed by atoms with E-state index in [1.165, 1.54) is 5.69 Å². The highest BCUT2D eigenvalue weighted by Crippen LogP contribution is 2.24. The summed E-state index contributed by atoms with van der Waals surface area (Å²) in [6, 6.07) is 24.0. The summed E-state index contributed by atoms with van der Waals surface area (Å²) < 4.78 is 1.99. The molecule has 0 N–H and O–H groups in total. The first-order valence-electron chi connectivity index (χ1n) is 10.2. The summed E-state index contributed by atoms with van der Waals surface area (Å²) in [6.45, 7) is 3.39. The van der Waals surface area contributed by atoms with E-state index < -0.39 is 0 Å². The van der Waals surface area contributed by atoms with Crippen molar-refractivity contribution in [3.8, 4) is 11.5 Å². The molecule has 1 fully saturated rings. The molecule has 2 aromatic heterocycles. The van der Waals surface area contributed by atoms with Gasteiger partial charge in [-0.15, -0.1) is 0 Å². The largest absolute Gasteiger partial charge is 0.368 e. The number of piperazine rings is 1. The third kappa shape index (κ3) is 3.52. The number of carbonyl (C=O) groups excluding carboxylic acids is 1. The van der Waals surface area contributed by atoms with Crippen LogP contribution in [0.5, 0.6) is 0 Å². The van der Waals surface area contributed by atoms with Gasteiger partial charge >= 0.3 is 0 Å². The van der Waals surface area contributed by atoms with E-state index in [1.54, 1.807) is 6.20 Å². The first-order chi connectivity index (χ1) is 14.8. The predicted octanol–water partition coefficient (Wildman–Crippen LogP) is 3.45. The molecule has 3 heterocycles. The van der Waals surface area contributed by atoms with Gasteiger partial charge in [-0.25, -0.2) is 4.98 Å². The van der Waals surface area contributed by atoms with Crippen molar-refractivity contribution in [1.29, 1.82) is 0 Å². The number of anilines is 1. The van der Waals surface area contributed by atoms with E-state index >= 15 is 0 Å². The van der Waals surface area contributed by atoms with Crippen molar-refractivity contribution >= 4 is 22.6 Å². The number of aromatic nitrogens is 3. The minimum Gasteiger partial charge on any atom is -0.368 e. The van der Waals surface area contributed by atoms with Gasteiger partial charge < -0.3 is 14.4 Å². The van der Waals surface area contributed by atoms with Crippen LogP contribution in [0.2, 0.25) is 0 Å². The fourth-order valence-corrected chi connectivity index (χ4v) is 4.01. The highest BCUT2D eigenvalue weighted by molar-refractivity contribution is 5.84. The number of para-hydroxylation sites is 3. The number of rotatable bonds is 4. The van der Waals surface area contributed by atoms with Gasteiger partial charge in [-0.05, 0) is 36.4 Å². The topological polar surface area (TPSA) is 54.3 Å². The standard InChI is InChI=1S/C24H23N5O/c30-23(28-16-14-27(15-17-28)19-8-2-1-3-9-19)18-29-22-12-5-4-10-20(22)26-24(29)21-11-6-7-13-25-21/h1-13H,14-18H2. The molecular weight excluding hydrogens is 374 g/mol. The minimum atomic E-state index is 0.114. The summed E-state index contributed by atoms with van der Waals surface area (Å²) in [5.74, 6) is 0.844. The van der Waals surface area contributed by atoms with E-state index in [0.29, 0.717) is 0 Å². The lowest BCUT2D eigenvalue weighted by Crippen LogP contribution is -2.49. The Morgan fingerprint density at radius 3 is 2.33 bits per heavy atom. The Kier molecular flexibility index (Phi) is 4.89. The van der Waals surface area contributed by atoms with E-state index in [1.807, 2.05) is 58.0 Å². The van der Waals surface area contributed by atoms with Crippen molar-refractivity contribution in [3.63, 3.8) is 0 Å². The normalized spacial score (nSPS) is 14.3.